The first-order chi connectivity index (χ1) is 18.2. The number of aromatic nitrogens is 2. The summed E-state index contributed by atoms with van der Waals surface area (Å²) in [5.74, 6) is -0.0501. The lowest BCUT2D eigenvalue weighted by Crippen LogP contribution is -2.48. The minimum atomic E-state index is -4.45. The largest absolute Gasteiger partial charge is 0.433 e. The molecule has 4 heterocycles. The number of alkyl halides is 3. The Labute approximate surface area is 230 Å². The van der Waals surface area contributed by atoms with Crippen molar-refractivity contribution in [1.82, 2.24) is 25.1 Å². The maximum atomic E-state index is 13.2. The standard InChI is InChI=1S/C28H40F3N5O2Si/c1-27(2,3)39(4,5)38-22(11-14-33-26(37)36-17-20-8-7-13-32-24(20)19-36)18-35-15-12-21(16-35)23-9-6-10-25(34-23)28(29,30)31/h6-10,13,21-22H,11-12,14-19H2,1-5H3,(H,33,37)/t21?,22-/m1/s1. The highest BCUT2D eigenvalue weighted by atomic mass is 28.4. The van der Waals surface area contributed by atoms with Crippen LogP contribution in [0.1, 0.15) is 62.2 Å². The van der Waals surface area contributed by atoms with Crippen LogP contribution in [0.3, 0.4) is 0 Å². The van der Waals surface area contributed by atoms with Crippen LogP contribution >= 0.6 is 0 Å². The Kier molecular flexibility index (Phi) is 8.72. The van der Waals surface area contributed by atoms with Gasteiger partial charge in [-0.05, 0) is 61.3 Å². The second-order valence-electron chi connectivity index (χ2n) is 12.2. The number of amides is 2. The van der Waals surface area contributed by atoms with E-state index in [1.807, 2.05) is 12.1 Å². The molecule has 7 nitrogen and oxygen atoms in total. The van der Waals surface area contributed by atoms with Gasteiger partial charge in [0.05, 0.1) is 18.3 Å². The normalized spacial score (nSPS) is 19.3. The summed E-state index contributed by atoms with van der Waals surface area (Å²) in [4.78, 5) is 25.1. The molecule has 0 aliphatic carbocycles. The Balaban J connectivity index is 1.36. The van der Waals surface area contributed by atoms with Crippen molar-refractivity contribution in [2.75, 3.05) is 26.2 Å². The van der Waals surface area contributed by atoms with E-state index in [1.165, 1.54) is 6.07 Å². The molecule has 2 aromatic heterocycles. The summed E-state index contributed by atoms with van der Waals surface area (Å²) >= 11 is 0. The summed E-state index contributed by atoms with van der Waals surface area (Å²) in [5, 5.41) is 3.08. The molecule has 2 atom stereocenters. The van der Waals surface area contributed by atoms with Gasteiger partial charge < -0.3 is 19.5 Å². The smallest absolute Gasteiger partial charge is 0.413 e. The maximum absolute atomic E-state index is 13.2. The molecule has 4 rings (SSSR count). The lowest BCUT2D eigenvalue weighted by Gasteiger charge is -2.40. The van der Waals surface area contributed by atoms with Crippen molar-refractivity contribution in [2.45, 2.75) is 83.0 Å². The Bertz CT molecular complexity index is 1130. The minimum Gasteiger partial charge on any atom is -0.413 e. The molecular formula is C28H40F3N5O2Si. The number of hydrogen-bond acceptors (Lipinski definition) is 5. The molecule has 0 saturated carbocycles. The summed E-state index contributed by atoms with van der Waals surface area (Å²) in [6, 6.07) is 7.91. The Morgan fingerprint density at radius 1 is 1.18 bits per heavy atom. The van der Waals surface area contributed by atoms with Gasteiger partial charge in [0.15, 0.2) is 8.32 Å². The molecule has 1 unspecified atom stereocenters. The van der Waals surface area contributed by atoms with Crippen molar-refractivity contribution >= 4 is 14.3 Å². The van der Waals surface area contributed by atoms with E-state index < -0.39 is 20.2 Å². The molecule has 2 aromatic rings. The molecule has 1 N–H and O–H groups in total. The third-order valence-corrected chi connectivity index (χ3v) is 12.7. The number of likely N-dealkylation sites (tertiary alicyclic amines) is 1. The van der Waals surface area contributed by atoms with Gasteiger partial charge in [0.1, 0.15) is 5.69 Å². The van der Waals surface area contributed by atoms with Gasteiger partial charge in [-0.1, -0.05) is 32.9 Å². The number of fused-ring (bicyclic) bond motifs is 1. The van der Waals surface area contributed by atoms with Gasteiger partial charge in [0.25, 0.3) is 0 Å². The third-order valence-electron chi connectivity index (χ3n) is 8.20. The topological polar surface area (TPSA) is 70.6 Å². The first-order valence-electron chi connectivity index (χ1n) is 13.6. The highest BCUT2D eigenvalue weighted by Crippen LogP contribution is 2.38. The number of carbonyl (C=O) groups is 1. The summed E-state index contributed by atoms with van der Waals surface area (Å²) in [5.41, 5.74) is 1.66. The molecule has 2 amide bonds. The summed E-state index contributed by atoms with van der Waals surface area (Å²) in [6.07, 6.45) is -1.40. The lowest BCUT2D eigenvalue weighted by atomic mass is 10.0. The number of urea groups is 1. The number of nitrogens with zero attached hydrogens (tertiary/aromatic N) is 4. The number of carbonyl (C=O) groups excluding carboxylic acids is 1. The van der Waals surface area contributed by atoms with Crippen LogP contribution in [0.4, 0.5) is 18.0 Å². The van der Waals surface area contributed by atoms with Gasteiger partial charge in [-0.3, -0.25) is 4.98 Å². The quantitative estimate of drug-likeness (QED) is 0.412. The summed E-state index contributed by atoms with van der Waals surface area (Å²) in [6.45, 7) is 14.6. The Morgan fingerprint density at radius 2 is 1.95 bits per heavy atom. The van der Waals surface area contributed by atoms with E-state index in [-0.39, 0.29) is 23.1 Å². The van der Waals surface area contributed by atoms with Crippen LogP contribution in [0, 0.1) is 0 Å². The predicted molar refractivity (Wildman–Crippen MR) is 147 cm³/mol. The first kappa shape index (κ1) is 29.5. The van der Waals surface area contributed by atoms with E-state index in [9.17, 15) is 18.0 Å². The van der Waals surface area contributed by atoms with Crippen LogP contribution < -0.4 is 5.32 Å². The van der Waals surface area contributed by atoms with Crippen molar-refractivity contribution in [3.05, 3.63) is 59.2 Å². The van der Waals surface area contributed by atoms with Crippen molar-refractivity contribution < 1.29 is 22.4 Å². The van der Waals surface area contributed by atoms with Crippen molar-refractivity contribution in [3.8, 4) is 0 Å². The number of halogens is 3. The van der Waals surface area contributed by atoms with Crippen LogP contribution in [-0.2, 0) is 23.7 Å². The summed E-state index contributed by atoms with van der Waals surface area (Å²) < 4.78 is 46.3. The van der Waals surface area contributed by atoms with Crippen LogP contribution in [-0.4, -0.2) is 66.4 Å². The molecule has 0 aromatic carbocycles. The highest BCUT2D eigenvalue weighted by molar-refractivity contribution is 6.74. The second-order valence-corrected chi connectivity index (χ2v) is 16.9. The molecular weight excluding hydrogens is 523 g/mol. The monoisotopic (exact) mass is 563 g/mol. The van der Waals surface area contributed by atoms with E-state index in [4.69, 9.17) is 4.43 Å². The number of hydrogen-bond donors (Lipinski definition) is 1. The second kappa shape index (κ2) is 11.5. The zero-order chi connectivity index (χ0) is 28.4. The van der Waals surface area contributed by atoms with Crippen molar-refractivity contribution in [2.24, 2.45) is 0 Å². The zero-order valence-electron chi connectivity index (χ0n) is 23.5. The predicted octanol–water partition coefficient (Wildman–Crippen LogP) is 5.79. The Hall–Kier alpha value is -2.50. The first-order valence-corrected chi connectivity index (χ1v) is 16.5. The molecule has 0 spiro atoms. The molecule has 39 heavy (non-hydrogen) atoms. The van der Waals surface area contributed by atoms with Crippen molar-refractivity contribution in [1.29, 1.82) is 0 Å². The van der Waals surface area contributed by atoms with E-state index in [1.54, 1.807) is 17.2 Å². The van der Waals surface area contributed by atoms with Crippen molar-refractivity contribution in [3.63, 3.8) is 0 Å². The van der Waals surface area contributed by atoms with Gasteiger partial charge in [-0.25, -0.2) is 9.78 Å². The third kappa shape index (κ3) is 7.37. The fourth-order valence-corrected chi connectivity index (χ4v) is 6.32. The van der Waals surface area contributed by atoms with Crippen LogP contribution in [0.5, 0.6) is 0 Å². The van der Waals surface area contributed by atoms with E-state index in [0.29, 0.717) is 44.8 Å². The summed E-state index contributed by atoms with van der Waals surface area (Å²) in [7, 11) is -2.09. The molecule has 11 heteroatoms. The average molecular weight is 564 g/mol. The molecule has 214 valence electrons. The van der Waals surface area contributed by atoms with Crippen LogP contribution in [0.2, 0.25) is 18.1 Å². The molecule has 1 saturated heterocycles. The maximum Gasteiger partial charge on any atom is 0.433 e. The van der Waals surface area contributed by atoms with Gasteiger partial charge in [-0.15, -0.1) is 0 Å². The van der Waals surface area contributed by atoms with Gasteiger partial charge in [-0.2, -0.15) is 13.2 Å². The van der Waals surface area contributed by atoms with E-state index >= 15 is 0 Å². The highest BCUT2D eigenvalue weighted by Gasteiger charge is 2.40. The molecule has 2 aliphatic rings. The molecule has 1 fully saturated rings. The molecule has 0 radical (unpaired) electrons. The average Bonchev–Trinajstić information content (AvgIpc) is 3.50. The van der Waals surface area contributed by atoms with Gasteiger partial charge in [0, 0.05) is 44.0 Å². The van der Waals surface area contributed by atoms with Gasteiger partial charge >= 0.3 is 12.2 Å². The van der Waals surface area contributed by atoms with Crippen LogP contribution in [0.25, 0.3) is 0 Å². The van der Waals surface area contributed by atoms with E-state index in [2.05, 4.69) is 54.0 Å². The zero-order valence-corrected chi connectivity index (χ0v) is 24.5. The molecule has 0 bridgehead atoms. The SMILES string of the molecule is CC(C)(C)[Si](C)(C)O[C@H](CCNC(=O)N1Cc2cccnc2C1)CN1CCC(c2cccc(C(F)(F)F)n2)C1. The fourth-order valence-electron chi connectivity index (χ4n) is 4.94. The minimum absolute atomic E-state index is 0.0261. The molecule has 2 aliphatic heterocycles. The number of nitrogens with one attached hydrogen (secondary N) is 1. The van der Waals surface area contributed by atoms with E-state index in [0.717, 1.165) is 30.3 Å². The van der Waals surface area contributed by atoms with Gasteiger partial charge in [0.2, 0.25) is 0 Å². The number of pyridine rings is 2. The fraction of sp³-hybridized carbons (Fsp3) is 0.607. The Morgan fingerprint density at radius 3 is 2.64 bits per heavy atom. The number of rotatable bonds is 8. The lowest BCUT2D eigenvalue weighted by molar-refractivity contribution is -0.141. The van der Waals surface area contributed by atoms with Crippen LogP contribution in [0.15, 0.2) is 36.5 Å².